The molecular formula is C21H33IN6O. The van der Waals surface area contributed by atoms with Gasteiger partial charge in [-0.3, -0.25) is 10.1 Å². The van der Waals surface area contributed by atoms with Crippen LogP contribution in [0.3, 0.4) is 0 Å². The highest BCUT2D eigenvalue weighted by atomic mass is 127. The number of nitrogens with zero attached hydrogens (tertiary/aromatic N) is 4. The molecule has 29 heavy (non-hydrogen) atoms. The van der Waals surface area contributed by atoms with Gasteiger partial charge in [-0.2, -0.15) is 5.10 Å². The molecular weight excluding hydrogens is 479 g/mol. The zero-order chi connectivity index (χ0) is 19.8. The average molecular weight is 512 g/mol. The van der Waals surface area contributed by atoms with Crippen LogP contribution in [0.15, 0.2) is 35.6 Å². The van der Waals surface area contributed by atoms with Gasteiger partial charge in [0.2, 0.25) is 0 Å². The van der Waals surface area contributed by atoms with Crippen molar-refractivity contribution in [2.45, 2.75) is 39.0 Å². The van der Waals surface area contributed by atoms with Crippen LogP contribution < -0.4 is 10.1 Å². The summed E-state index contributed by atoms with van der Waals surface area (Å²) in [5.74, 6) is 3.93. The standard InChI is InChI=1S/C21H32N6O.HI/c1-16(2)14-28-19-6-4-17(5-7-19)8-11-23-21(22-3)27-12-9-18(10-13-27)20-24-15-25-26-20;/h4-7,15-16,18H,8-14H2,1-3H3,(H,22,23)(H,24,25,26);1H. The number of aromatic nitrogens is 3. The van der Waals surface area contributed by atoms with Crippen LogP contribution in [0.4, 0.5) is 0 Å². The van der Waals surface area contributed by atoms with Gasteiger partial charge in [0.05, 0.1) is 6.61 Å². The zero-order valence-electron chi connectivity index (χ0n) is 17.6. The summed E-state index contributed by atoms with van der Waals surface area (Å²) >= 11 is 0. The van der Waals surface area contributed by atoms with Crippen LogP contribution in [0.1, 0.15) is 44.0 Å². The summed E-state index contributed by atoms with van der Waals surface area (Å²) in [5.41, 5.74) is 1.30. The van der Waals surface area contributed by atoms with Crippen LogP contribution in [0.25, 0.3) is 0 Å². The van der Waals surface area contributed by atoms with Crippen molar-refractivity contribution in [3.63, 3.8) is 0 Å². The van der Waals surface area contributed by atoms with Crippen LogP contribution in [0.5, 0.6) is 5.75 Å². The highest BCUT2D eigenvalue weighted by molar-refractivity contribution is 14.0. The fraction of sp³-hybridized carbons (Fsp3) is 0.571. The third-order valence-corrected chi connectivity index (χ3v) is 5.03. The molecule has 0 radical (unpaired) electrons. The molecule has 1 aromatic carbocycles. The van der Waals surface area contributed by atoms with E-state index in [-0.39, 0.29) is 24.0 Å². The predicted octanol–water partition coefficient (Wildman–Crippen LogP) is 3.46. The molecule has 8 heteroatoms. The average Bonchev–Trinajstić information content (AvgIpc) is 3.26. The number of likely N-dealkylation sites (tertiary alicyclic amines) is 1. The molecule has 1 aliphatic rings. The number of hydrogen-bond acceptors (Lipinski definition) is 4. The highest BCUT2D eigenvalue weighted by Crippen LogP contribution is 2.24. The number of benzene rings is 1. The summed E-state index contributed by atoms with van der Waals surface area (Å²) in [6.45, 7) is 7.89. The van der Waals surface area contributed by atoms with Crippen molar-refractivity contribution in [3.8, 4) is 5.75 Å². The van der Waals surface area contributed by atoms with Gasteiger partial charge in [-0.15, -0.1) is 24.0 Å². The maximum Gasteiger partial charge on any atom is 0.193 e. The van der Waals surface area contributed by atoms with Gasteiger partial charge in [0.1, 0.15) is 17.9 Å². The first-order valence-electron chi connectivity index (χ1n) is 10.2. The van der Waals surface area contributed by atoms with Gasteiger partial charge in [-0.1, -0.05) is 26.0 Å². The number of H-pyrrole nitrogens is 1. The van der Waals surface area contributed by atoms with E-state index in [0.29, 0.717) is 11.8 Å². The molecule has 2 aromatic rings. The number of rotatable bonds is 7. The Hall–Kier alpha value is -1.84. The van der Waals surface area contributed by atoms with Crippen molar-refractivity contribution >= 4 is 29.9 Å². The van der Waals surface area contributed by atoms with E-state index in [9.17, 15) is 0 Å². The zero-order valence-corrected chi connectivity index (χ0v) is 19.9. The topological polar surface area (TPSA) is 78.4 Å². The van der Waals surface area contributed by atoms with E-state index >= 15 is 0 Å². The number of aromatic amines is 1. The maximum atomic E-state index is 5.75. The van der Waals surface area contributed by atoms with Gasteiger partial charge in [-0.25, -0.2) is 4.98 Å². The van der Waals surface area contributed by atoms with Crippen LogP contribution in [0.2, 0.25) is 0 Å². The minimum Gasteiger partial charge on any atom is -0.493 e. The maximum absolute atomic E-state index is 5.75. The van der Waals surface area contributed by atoms with E-state index in [4.69, 9.17) is 4.74 Å². The Morgan fingerprint density at radius 2 is 2.00 bits per heavy atom. The lowest BCUT2D eigenvalue weighted by Gasteiger charge is -2.33. The minimum absolute atomic E-state index is 0. The van der Waals surface area contributed by atoms with Gasteiger partial charge in [-0.05, 0) is 42.9 Å². The van der Waals surface area contributed by atoms with Crippen LogP contribution >= 0.6 is 24.0 Å². The molecule has 1 saturated heterocycles. The molecule has 7 nitrogen and oxygen atoms in total. The number of nitrogens with one attached hydrogen (secondary N) is 2. The molecule has 0 spiro atoms. The molecule has 0 unspecified atom stereocenters. The molecule has 3 rings (SSSR count). The summed E-state index contributed by atoms with van der Waals surface area (Å²) in [5, 5.41) is 10.5. The van der Waals surface area contributed by atoms with E-state index in [2.05, 4.69) is 68.5 Å². The number of aliphatic imine (C=N–C) groups is 1. The van der Waals surface area contributed by atoms with Gasteiger partial charge < -0.3 is 15.0 Å². The molecule has 1 aliphatic heterocycles. The predicted molar refractivity (Wildman–Crippen MR) is 127 cm³/mol. The summed E-state index contributed by atoms with van der Waals surface area (Å²) in [4.78, 5) is 11.1. The lowest BCUT2D eigenvalue weighted by molar-refractivity contribution is 0.271. The van der Waals surface area contributed by atoms with Crippen molar-refractivity contribution in [3.05, 3.63) is 42.0 Å². The van der Waals surface area contributed by atoms with Crippen LogP contribution in [-0.2, 0) is 6.42 Å². The molecule has 0 atom stereocenters. The number of guanidine groups is 1. The molecule has 0 saturated carbocycles. The second-order valence-corrected chi connectivity index (χ2v) is 7.70. The van der Waals surface area contributed by atoms with Crippen molar-refractivity contribution in [1.29, 1.82) is 0 Å². The number of hydrogen-bond donors (Lipinski definition) is 2. The molecule has 0 aliphatic carbocycles. The monoisotopic (exact) mass is 512 g/mol. The second-order valence-electron chi connectivity index (χ2n) is 7.70. The molecule has 0 amide bonds. The van der Waals surface area contributed by atoms with Crippen molar-refractivity contribution in [2.24, 2.45) is 10.9 Å². The second kappa shape index (κ2) is 12.0. The van der Waals surface area contributed by atoms with Crippen molar-refractivity contribution in [2.75, 3.05) is 33.3 Å². The highest BCUT2D eigenvalue weighted by Gasteiger charge is 2.24. The van der Waals surface area contributed by atoms with Crippen molar-refractivity contribution < 1.29 is 4.74 Å². The molecule has 2 N–H and O–H groups in total. The van der Waals surface area contributed by atoms with Gasteiger partial charge in [0.25, 0.3) is 0 Å². The summed E-state index contributed by atoms with van der Waals surface area (Å²) in [7, 11) is 1.85. The van der Waals surface area contributed by atoms with Gasteiger partial charge in [0.15, 0.2) is 5.96 Å². The first-order valence-corrected chi connectivity index (χ1v) is 10.2. The normalized spacial score (nSPS) is 15.3. The first-order chi connectivity index (χ1) is 13.7. The summed E-state index contributed by atoms with van der Waals surface area (Å²) in [6, 6.07) is 8.40. The van der Waals surface area contributed by atoms with Gasteiger partial charge in [0, 0.05) is 32.6 Å². The smallest absolute Gasteiger partial charge is 0.193 e. The number of piperidine rings is 1. The quantitative estimate of drug-likeness (QED) is 0.338. The Morgan fingerprint density at radius 3 is 2.59 bits per heavy atom. The Morgan fingerprint density at radius 1 is 1.28 bits per heavy atom. The molecule has 160 valence electrons. The van der Waals surface area contributed by atoms with E-state index in [1.54, 1.807) is 6.33 Å². The Balaban J connectivity index is 0.00000300. The summed E-state index contributed by atoms with van der Waals surface area (Å²) in [6.07, 6.45) is 4.67. The fourth-order valence-electron chi connectivity index (χ4n) is 3.44. The SMILES string of the molecule is CN=C(NCCc1ccc(OCC(C)C)cc1)N1CCC(c2ncn[nH]2)CC1.I. The molecule has 2 heterocycles. The van der Waals surface area contributed by atoms with Crippen LogP contribution in [-0.4, -0.2) is 59.3 Å². The van der Waals surface area contributed by atoms with Crippen molar-refractivity contribution in [1.82, 2.24) is 25.4 Å². The third kappa shape index (κ3) is 7.17. The number of ether oxygens (including phenoxy) is 1. The lowest BCUT2D eigenvalue weighted by atomic mass is 9.96. The fourth-order valence-corrected chi connectivity index (χ4v) is 3.44. The molecule has 1 fully saturated rings. The third-order valence-electron chi connectivity index (χ3n) is 5.03. The number of halogens is 1. The minimum atomic E-state index is 0. The Labute approximate surface area is 190 Å². The largest absolute Gasteiger partial charge is 0.493 e. The summed E-state index contributed by atoms with van der Waals surface area (Å²) < 4.78 is 5.75. The van der Waals surface area contributed by atoms with Crippen LogP contribution in [0, 0.1) is 5.92 Å². The van der Waals surface area contributed by atoms with E-state index < -0.39 is 0 Å². The van der Waals surface area contributed by atoms with Gasteiger partial charge >= 0.3 is 0 Å². The van der Waals surface area contributed by atoms with E-state index in [1.807, 2.05) is 7.05 Å². The first kappa shape index (κ1) is 23.4. The van der Waals surface area contributed by atoms with E-state index in [0.717, 1.165) is 63.0 Å². The lowest BCUT2D eigenvalue weighted by Crippen LogP contribution is -2.45. The molecule has 1 aromatic heterocycles. The Kier molecular flexibility index (Phi) is 9.69. The molecule has 0 bridgehead atoms. The Bertz CT molecular complexity index is 724. The van der Waals surface area contributed by atoms with E-state index in [1.165, 1.54) is 5.56 Å².